The van der Waals surface area contributed by atoms with Gasteiger partial charge in [0.15, 0.2) is 0 Å². The van der Waals surface area contributed by atoms with Crippen LogP contribution in [-0.4, -0.2) is 25.0 Å². The number of ether oxygens (including phenoxy) is 2. The second-order valence-corrected chi connectivity index (χ2v) is 7.82. The normalized spacial score (nSPS) is 10.6. The molecule has 0 unspecified atom stereocenters. The third kappa shape index (κ3) is 3.93. The molecule has 0 amide bonds. The first-order chi connectivity index (χ1) is 13.5. The van der Waals surface area contributed by atoms with E-state index in [2.05, 4.69) is 23.3 Å². The highest BCUT2D eigenvalue weighted by molar-refractivity contribution is 7.99. The summed E-state index contributed by atoms with van der Waals surface area (Å²) in [7, 11) is 3.15. The van der Waals surface area contributed by atoms with Crippen molar-refractivity contribution < 1.29 is 9.47 Å². The number of nitrogens with zero attached hydrogens (tertiary/aromatic N) is 2. The predicted molar refractivity (Wildman–Crippen MR) is 116 cm³/mol. The van der Waals surface area contributed by atoms with Crippen LogP contribution in [0.2, 0.25) is 10.0 Å². The molecule has 0 fully saturated rings. The highest BCUT2D eigenvalue weighted by Crippen LogP contribution is 2.40. The summed E-state index contributed by atoms with van der Waals surface area (Å²) >= 11 is 14.1. The number of nitrogens with one attached hydrogen (secondary N) is 1. The van der Waals surface area contributed by atoms with Gasteiger partial charge in [0.1, 0.15) is 17.6 Å². The topological polar surface area (TPSA) is 67.2 Å². The molecular formula is C20H17Cl2N3O2S. The van der Waals surface area contributed by atoms with E-state index < -0.39 is 0 Å². The summed E-state index contributed by atoms with van der Waals surface area (Å²) in [5.41, 5.74) is 2.29. The Kier molecular flexibility index (Phi) is 6.40. The molecule has 8 heteroatoms. The number of fused-ring (bicyclic) bond motifs is 1. The molecule has 1 heterocycles. The lowest BCUT2D eigenvalue weighted by Crippen LogP contribution is -1.99. The molecule has 2 aromatic carbocycles. The second kappa shape index (κ2) is 8.78. The van der Waals surface area contributed by atoms with Crippen LogP contribution in [0.5, 0.6) is 11.5 Å². The average Bonchev–Trinajstić information content (AvgIpc) is 2.69. The van der Waals surface area contributed by atoms with Crippen molar-refractivity contribution in [1.29, 1.82) is 5.26 Å². The average molecular weight is 434 g/mol. The second-order valence-electron chi connectivity index (χ2n) is 5.70. The van der Waals surface area contributed by atoms with Gasteiger partial charge in [-0.2, -0.15) is 5.26 Å². The third-order valence-electron chi connectivity index (χ3n) is 4.07. The Labute approximate surface area is 177 Å². The van der Waals surface area contributed by atoms with Crippen molar-refractivity contribution in [3.8, 4) is 17.6 Å². The zero-order valence-corrected chi connectivity index (χ0v) is 17.8. The number of halogens is 2. The van der Waals surface area contributed by atoms with Gasteiger partial charge in [0.05, 0.1) is 51.6 Å². The molecule has 1 N–H and O–H groups in total. The minimum atomic E-state index is 0.385. The fraction of sp³-hybridized carbons (Fsp3) is 0.200. The number of rotatable bonds is 6. The number of thioether (sulfide) groups is 1. The molecule has 144 valence electrons. The van der Waals surface area contributed by atoms with Crippen LogP contribution < -0.4 is 14.8 Å². The van der Waals surface area contributed by atoms with Crippen molar-refractivity contribution in [2.75, 3.05) is 25.3 Å². The van der Waals surface area contributed by atoms with Crippen molar-refractivity contribution in [3.05, 3.63) is 46.1 Å². The molecule has 0 saturated carbocycles. The monoisotopic (exact) mass is 433 g/mol. The van der Waals surface area contributed by atoms with Crippen LogP contribution in [0.4, 0.5) is 11.4 Å². The summed E-state index contributed by atoms with van der Waals surface area (Å²) in [6.07, 6.45) is 1.54. The lowest BCUT2D eigenvalue weighted by atomic mass is 10.1. The van der Waals surface area contributed by atoms with Crippen LogP contribution in [0.25, 0.3) is 10.9 Å². The Morgan fingerprint density at radius 1 is 1.11 bits per heavy atom. The smallest absolute Gasteiger partial charge is 0.139 e. The van der Waals surface area contributed by atoms with E-state index in [9.17, 15) is 5.26 Å². The first-order valence-electron chi connectivity index (χ1n) is 8.36. The first-order valence-corrected chi connectivity index (χ1v) is 10.1. The van der Waals surface area contributed by atoms with Gasteiger partial charge < -0.3 is 14.8 Å². The summed E-state index contributed by atoms with van der Waals surface area (Å²) in [6.45, 7) is 2.07. The van der Waals surface area contributed by atoms with E-state index in [-0.39, 0.29) is 0 Å². The van der Waals surface area contributed by atoms with Crippen LogP contribution >= 0.6 is 35.0 Å². The minimum absolute atomic E-state index is 0.385. The maximum atomic E-state index is 9.59. The molecule has 0 saturated heterocycles. The molecule has 0 aliphatic heterocycles. The highest BCUT2D eigenvalue weighted by atomic mass is 35.5. The molecule has 0 aliphatic carbocycles. The Morgan fingerprint density at radius 3 is 2.50 bits per heavy atom. The van der Waals surface area contributed by atoms with Crippen LogP contribution in [0.3, 0.4) is 0 Å². The summed E-state index contributed by atoms with van der Waals surface area (Å²) in [6, 6.07) is 9.29. The van der Waals surface area contributed by atoms with Crippen LogP contribution in [-0.2, 0) is 0 Å². The minimum Gasteiger partial charge on any atom is -0.496 e. The summed E-state index contributed by atoms with van der Waals surface area (Å²) in [5.74, 6) is 2.10. The molecule has 3 rings (SSSR count). The van der Waals surface area contributed by atoms with Gasteiger partial charge in [-0.15, -0.1) is 11.8 Å². The third-order valence-corrected chi connectivity index (χ3v) is 5.60. The van der Waals surface area contributed by atoms with E-state index >= 15 is 0 Å². The van der Waals surface area contributed by atoms with Gasteiger partial charge >= 0.3 is 0 Å². The molecule has 3 aromatic rings. The number of hydrogen-bond acceptors (Lipinski definition) is 6. The molecule has 0 bridgehead atoms. The van der Waals surface area contributed by atoms with E-state index in [0.717, 1.165) is 27.3 Å². The molecule has 0 spiro atoms. The fourth-order valence-electron chi connectivity index (χ4n) is 2.76. The standard InChI is InChI=1S/C20H17Cl2N3O2S/c1-4-28-19-8-15-12(5-18(19)27-3)20(11(9-23)10-24-15)25-16-7-17(26-2)14(22)6-13(16)21/h5-8,10H,4H2,1-3H3,(H,24,25). The molecule has 5 nitrogen and oxygen atoms in total. The van der Waals surface area contributed by atoms with Gasteiger partial charge in [-0.1, -0.05) is 30.1 Å². The van der Waals surface area contributed by atoms with Crippen molar-refractivity contribution in [3.63, 3.8) is 0 Å². The SMILES string of the molecule is CCSc1cc2ncc(C#N)c(Nc3cc(OC)c(Cl)cc3Cl)c2cc1OC. The lowest BCUT2D eigenvalue weighted by Gasteiger charge is -2.16. The van der Waals surface area contributed by atoms with Crippen molar-refractivity contribution in [1.82, 2.24) is 4.98 Å². The van der Waals surface area contributed by atoms with Crippen LogP contribution in [0, 0.1) is 11.3 Å². The Hall–Kier alpha value is -2.33. The van der Waals surface area contributed by atoms with Gasteiger partial charge in [0.25, 0.3) is 0 Å². The van der Waals surface area contributed by atoms with E-state index in [1.807, 2.05) is 12.1 Å². The quantitative estimate of drug-likeness (QED) is 0.460. The summed E-state index contributed by atoms with van der Waals surface area (Å²) in [4.78, 5) is 5.43. The number of nitriles is 1. The van der Waals surface area contributed by atoms with Crippen LogP contribution in [0.15, 0.2) is 35.4 Å². The molecule has 0 aliphatic rings. The van der Waals surface area contributed by atoms with Gasteiger partial charge in [-0.25, -0.2) is 0 Å². The number of pyridine rings is 1. The zero-order chi connectivity index (χ0) is 20.3. The number of methoxy groups -OCH3 is 2. The van der Waals surface area contributed by atoms with Crippen molar-refractivity contribution >= 4 is 57.2 Å². The fourth-order valence-corrected chi connectivity index (χ4v) is 4.06. The number of anilines is 2. The van der Waals surface area contributed by atoms with Crippen molar-refractivity contribution in [2.24, 2.45) is 0 Å². The zero-order valence-electron chi connectivity index (χ0n) is 15.5. The van der Waals surface area contributed by atoms with Gasteiger partial charge in [-0.3, -0.25) is 4.98 Å². The summed E-state index contributed by atoms with van der Waals surface area (Å²) in [5, 5.41) is 14.4. The Bertz CT molecular complexity index is 1080. The van der Waals surface area contributed by atoms with Crippen molar-refractivity contribution in [2.45, 2.75) is 11.8 Å². The van der Waals surface area contributed by atoms with Gasteiger partial charge in [0, 0.05) is 17.6 Å². The predicted octanol–water partition coefficient (Wildman–Crippen LogP) is 6.29. The maximum absolute atomic E-state index is 9.59. The summed E-state index contributed by atoms with van der Waals surface area (Å²) < 4.78 is 10.8. The largest absolute Gasteiger partial charge is 0.496 e. The van der Waals surface area contributed by atoms with E-state index in [4.69, 9.17) is 32.7 Å². The van der Waals surface area contributed by atoms with E-state index in [1.54, 1.807) is 37.2 Å². The number of aromatic nitrogens is 1. The Morgan fingerprint density at radius 2 is 1.86 bits per heavy atom. The van der Waals surface area contributed by atoms with E-state index in [1.165, 1.54) is 7.11 Å². The highest BCUT2D eigenvalue weighted by Gasteiger charge is 2.16. The number of hydrogen-bond donors (Lipinski definition) is 1. The van der Waals surface area contributed by atoms with Gasteiger partial charge in [-0.05, 0) is 24.0 Å². The maximum Gasteiger partial charge on any atom is 0.139 e. The van der Waals surface area contributed by atoms with Crippen LogP contribution in [0.1, 0.15) is 12.5 Å². The van der Waals surface area contributed by atoms with E-state index in [0.29, 0.717) is 32.7 Å². The van der Waals surface area contributed by atoms with Gasteiger partial charge in [0.2, 0.25) is 0 Å². The molecule has 0 radical (unpaired) electrons. The lowest BCUT2D eigenvalue weighted by molar-refractivity contribution is 0.405. The molecule has 28 heavy (non-hydrogen) atoms. The molecule has 0 atom stereocenters. The molecular weight excluding hydrogens is 417 g/mol. The number of benzene rings is 2. The first kappa shape index (κ1) is 20.4. The molecule has 1 aromatic heterocycles. The Balaban J connectivity index is 2.20.